The third kappa shape index (κ3) is 2.97. The van der Waals surface area contributed by atoms with E-state index in [1.165, 1.54) is 0 Å². The summed E-state index contributed by atoms with van der Waals surface area (Å²) in [5.41, 5.74) is 7.57. The molecule has 5 heteroatoms. The van der Waals surface area contributed by atoms with E-state index in [1.807, 2.05) is 13.0 Å². The largest absolute Gasteiger partial charge is 0.338 e. The molecule has 0 aliphatic carbocycles. The Balaban J connectivity index is 2.07. The second kappa shape index (κ2) is 5.63. The van der Waals surface area contributed by atoms with Gasteiger partial charge in [-0.1, -0.05) is 0 Å². The Kier molecular flexibility index (Phi) is 4.14. The first-order chi connectivity index (χ1) is 8.60. The van der Waals surface area contributed by atoms with Crippen LogP contribution < -0.4 is 10.6 Å². The summed E-state index contributed by atoms with van der Waals surface area (Å²) in [4.78, 5) is 13.8. The molecule has 0 saturated carbocycles. The molecule has 2 heterocycles. The van der Waals surface area contributed by atoms with Gasteiger partial charge in [-0.05, 0) is 26.8 Å². The molecule has 2 N–H and O–H groups in total. The Labute approximate surface area is 109 Å². The van der Waals surface area contributed by atoms with Gasteiger partial charge in [-0.3, -0.25) is 4.90 Å². The smallest absolute Gasteiger partial charge is 0.225 e. The minimum Gasteiger partial charge on any atom is -0.338 e. The Hall–Kier alpha value is -1.20. The molecule has 0 radical (unpaired) electrons. The maximum absolute atomic E-state index is 5.66. The van der Waals surface area contributed by atoms with Crippen LogP contribution in [0.5, 0.6) is 0 Å². The predicted molar refractivity (Wildman–Crippen MR) is 73.6 cm³/mol. The summed E-state index contributed by atoms with van der Waals surface area (Å²) in [6, 6.07) is 2.57. The lowest BCUT2D eigenvalue weighted by Gasteiger charge is -2.37. The molecule has 1 fully saturated rings. The van der Waals surface area contributed by atoms with E-state index < -0.39 is 0 Å². The van der Waals surface area contributed by atoms with Crippen LogP contribution in [0, 0.1) is 6.92 Å². The van der Waals surface area contributed by atoms with E-state index in [-0.39, 0.29) is 0 Å². The summed E-state index contributed by atoms with van der Waals surface area (Å²) in [5.74, 6) is 0.832. The first-order valence-electron chi connectivity index (χ1n) is 6.63. The van der Waals surface area contributed by atoms with Gasteiger partial charge in [0, 0.05) is 44.5 Å². The highest BCUT2D eigenvalue weighted by Crippen LogP contribution is 2.14. The topological polar surface area (TPSA) is 58.3 Å². The minimum absolute atomic E-state index is 0.475. The Morgan fingerprint density at radius 2 is 1.89 bits per heavy atom. The van der Waals surface area contributed by atoms with E-state index in [1.54, 1.807) is 0 Å². The zero-order valence-electron chi connectivity index (χ0n) is 11.6. The van der Waals surface area contributed by atoms with Crippen LogP contribution in [-0.2, 0) is 6.54 Å². The summed E-state index contributed by atoms with van der Waals surface area (Å²) >= 11 is 0. The van der Waals surface area contributed by atoms with Gasteiger partial charge in [0.25, 0.3) is 0 Å². The number of aromatic nitrogens is 2. The van der Waals surface area contributed by atoms with Crippen molar-refractivity contribution < 1.29 is 0 Å². The number of hydrogen-bond donors (Lipinski definition) is 1. The molecule has 0 amide bonds. The lowest BCUT2D eigenvalue weighted by Crippen LogP contribution is -2.49. The van der Waals surface area contributed by atoms with E-state index in [4.69, 9.17) is 5.73 Å². The fourth-order valence-electron chi connectivity index (χ4n) is 2.30. The van der Waals surface area contributed by atoms with E-state index in [2.05, 4.69) is 33.6 Å². The molecule has 1 aromatic heterocycles. The van der Waals surface area contributed by atoms with Crippen molar-refractivity contribution >= 4 is 5.95 Å². The van der Waals surface area contributed by atoms with Crippen molar-refractivity contribution in [3.05, 3.63) is 17.5 Å². The Bertz CT molecular complexity index is 396. The first-order valence-corrected chi connectivity index (χ1v) is 6.63. The lowest BCUT2D eigenvalue weighted by atomic mass is 10.2. The van der Waals surface area contributed by atoms with Crippen LogP contribution in [0.2, 0.25) is 0 Å². The molecule has 0 bridgehead atoms. The predicted octanol–water partition coefficient (Wildman–Crippen LogP) is 0.774. The van der Waals surface area contributed by atoms with Crippen molar-refractivity contribution in [2.45, 2.75) is 33.4 Å². The van der Waals surface area contributed by atoms with Crippen LogP contribution in [0.15, 0.2) is 6.07 Å². The van der Waals surface area contributed by atoms with Crippen LogP contribution in [0.1, 0.15) is 25.2 Å². The average Bonchev–Trinajstić information content (AvgIpc) is 2.38. The monoisotopic (exact) mass is 249 g/mol. The maximum atomic E-state index is 5.66. The molecule has 0 atom stereocenters. The van der Waals surface area contributed by atoms with E-state index in [0.717, 1.165) is 43.5 Å². The van der Waals surface area contributed by atoms with Gasteiger partial charge in [-0.25, -0.2) is 9.97 Å². The van der Waals surface area contributed by atoms with Gasteiger partial charge in [-0.2, -0.15) is 0 Å². The SMILES string of the molecule is Cc1cc(CN)nc(N2CCN(C(C)C)CC2)n1. The number of piperazine rings is 1. The minimum atomic E-state index is 0.475. The molecule has 1 aliphatic rings. The molecule has 100 valence electrons. The maximum Gasteiger partial charge on any atom is 0.225 e. The van der Waals surface area contributed by atoms with Crippen LogP contribution in [0.25, 0.3) is 0 Å². The lowest BCUT2D eigenvalue weighted by molar-refractivity contribution is 0.208. The summed E-state index contributed by atoms with van der Waals surface area (Å²) in [5, 5.41) is 0. The van der Waals surface area contributed by atoms with Gasteiger partial charge in [0.05, 0.1) is 5.69 Å². The van der Waals surface area contributed by atoms with Gasteiger partial charge < -0.3 is 10.6 Å². The van der Waals surface area contributed by atoms with Crippen LogP contribution in [0.4, 0.5) is 5.95 Å². The summed E-state index contributed by atoms with van der Waals surface area (Å²) < 4.78 is 0. The standard InChI is InChI=1S/C13H23N5/c1-10(2)17-4-6-18(7-5-17)13-15-11(3)8-12(9-14)16-13/h8,10H,4-7,9,14H2,1-3H3. The average molecular weight is 249 g/mol. The Morgan fingerprint density at radius 3 is 2.44 bits per heavy atom. The van der Waals surface area contributed by atoms with Gasteiger partial charge in [0.1, 0.15) is 0 Å². The number of hydrogen-bond acceptors (Lipinski definition) is 5. The number of aryl methyl sites for hydroxylation is 1. The van der Waals surface area contributed by atoms with Gasteiger partial charge >= 0.3 is 0 Å². The van der Waals surface area contributed by atoms with Crippen molar-refractivity contribution in [3.63, 3.8) is 0 Å². The van der Waals surface area contributed by atoms with Crippen molar-refractivity contribution in [3.8, 4) is 0 Å². The fourth-order valence-corrected chi connectivity index (χ4v) is 2.30. The molecule has 0 unspecified atom stereocenters. The van der Waals surface area contributed by atoms with E-state index in [0.29, 0.717) is 12.6 Å². The molecule has 5 nitrogen and oxygen atoms in total. The first kappa shape index (κ1) is 13.2. The van der Waals surface area contributed by atoms with Gasteiger partial charge in [0.2, 0.25) is 5.95 Å². The summed E-state index contributed by atoms with van der Waals surface area (Å²) in [6.07, 6.45) is 0. The van der Waals surface area contributed by atoms with E-state index >= 15 is 0 Å². The molecule has 18 heavy (non-hydrogen) atoms. The van der Waals surface area contributed by atoms with Crippen molar-refractivity contribution in [2.75, 3.05) is 31.1 Å². The highest BCUT2D eigenvalue weighted by Gasteiger charge is 2.20. The molecule has 1 aromatic rings. The van der Waals surface area contributed by atoms with Gasteiger partial charge in [-0.15, -0.1) is 0 Å². The molecule has 0 aromatic carbocycles. The molecule has 0 spiro atoms. The molecule has 1 aliphatic heterocycles. The fraction of sp³-hybridized carbons (Fsp3) is 0.692. The second-order valence-electron chi connectivity index (χ2n) is 5.12. The zero-order chi connectivity index (χ0) is 13.1. The number of rotatable bonds is 3. The highest BCUT2D eigenvalue weighted by atomic mass is 15.3. The van der Waals surface area contributed by atoms with Crippen molar-refractivity contribution in [1.82, 2.24) is 14.9 Å². The third-order valence-corrected chi connectivity index (χ3v) is 3.43. The zero-order valence-corrected chi connectivity index (χ0v) is 11.6. The number of anilines is 1. The second-order valence-corrected chi connectivity index (χ2v) is 5.12. The summed E-state index contributed by atoms with van der Waals surface area (Å²) in [6.45, 7) is 11.1. The van der Waals surface area contributed by atoms with Gasteiger partial charge in [0.15, 0.2) is 0 Å². The van der Waals surface area contributed by atoms with Crippen LogP contribution in [-0.4, -0.2) is 47.1 Å². The summed E-state index contributed by atoms with van der Waals surface area (Å²) in [7, 11) is 0. The molecule has 2 rings (SSSR count). The third-order valence-electron chi connectivity index (χ3n) is 3.43. The Morgan fingerprint density at radius 1 is 1.22 bits per heavy atom. The van der Waals surface area contributed by atoms with Crippen LogP contribution in [0.3, 0.4) is 0 Å². The highest BCUT2D eigenvalue weighted by molar-refractivity contribution is 5.33. The number of nitrogens with zero attached hydrogens (tertiary/aromatic N) is 4. The molecular weight excluding hydrogens is 226 g/mol. The van der Waals surface area contributed by atoms with Crippen molar-refractivity contribution in [2.24, 2.45) is 5.73 Å². The van der Waals surface area contributed by atoms with E-state index in [9.17, 15) is 0 Å². The normalized spacial score (nSPS) is 17.5. The van der Waals surface area contributed by atoms with Crippen LogP contribution >= 0.6 is 0 Å². The molecular formula is C13H23N5. The molecule has 1 saturated heterocycles. The number of nitrogens with two attached hydrogens (primary N) is 1. The quantitative estimate of drug-likeness (QED) is 0.857. The van der Waals surface area contributed by atoms with Crippen molar-refractivity contribution in [1.29, 1.82) is 0 Å².